The van der Waals surface area contributed by atoms with Crippen molar-refractivity contribution in [2.24, 2.45) is 0 Å². The molecule has 1 aromatic heterocycles. The Bertz CT molecular complexity index is 1040. The van der Waals surface area contributed by atoms with E-state index in [4.69, 9.17) is 5.73 Å². The van der Waals surface area contributed by atoms with Crippen LogP contribution >= 0.6 is 0 Å². The fraction of sp³-hybridized carbons (Fsp3) is 0.238. The number of aromatic amines is 1. The van der Waals surface area contributed by atoms with Gasteiger partial charge in [0, 0.05) is 37.3 Å². The van der Waals surface area contributed by atoms with Gasteiger partial charge in [0.1, 0.15) is 11.6 Å². The molecule has 0 spiro atoms. The molecule has 0 saturated carbocycles. The normalized spacial score (nSPS) is 14.1. The van der Waals surface area contributed by atoms with Crippen molar-refractivity contribution in [3.05, 3.63) is 81.0 Å². The SMILES string of the molecule is Cc1cc(F)ccc1CN1CCc2nc(-c3ccc(N)cc3)[nH]c(=O)c2C1. The van der Waals surface area contributed by atoms with Crippen molar-refractivity contribution in [2.75, 3.05) is 12.3 Å². The summed E-state index contributed by atoms with van der Waals surface area (Å²) in [6.45, 7) is 3.94. The molecule has 27 heavy (non-hydrogen) atoms. The van der Waals surface area contributed by atoms with E-state index >= 15 is 0 Å². The monoisotopic (exact) mass is 364 g/mol. The van der Waals surface area contributed by atoms with E-state index in [1.807, 2.05) is 25.1 Å². The number of aryl methyl sites for hydroxylation is 1. The van der Waals surface area contributed by atoms with Gasteiger partial charge in [-0.15, -0.1) is 0 Å². The number of nitrogen functional groups attached to an aromatic ring is 1. The summed E-state index contributed by atoms with van der Waals surface area (Å²) in [4.78, 5) is 22.4. The lowest BCUT2D eigenvalue weighted by atomic mass is 10.0. The molecular weight excluding hydrogens is 343 g/mol. The quantitative estimate of drug-likeness (QED) is 0.701. The predicted molar refractivity (Wildman–Crippen MR) is 104 cm³/mol. The Hall–Kier alpha value is -2.99. The smallest absolute Gasteiger partial charge is 0.255 e. The maximum Gasteiger partial charge on any atom is 0.255 e. The van der Waals surface area contributed by atoms with Crippen LogP contribution in [-0.4, -0.2) is 21.4 Å². The molecule has 138 valence electrons. The van der Waals surface area contributed by atoms with Crippen molar-refractivity contribution in [1.29, 1.82) is 0 Å². The van der Waals surface area contributed by atoms with Gasteiger partial charge < -0.3 is 10.7 Å². The van der Waals surface area contributed by atoms with Gasteiger partial charge in [-0.1, -0.05) is 6.07 Å². The Labute approximate surface area is 156 Å². The van der Waals surface area contributed by atoms with Gasteiger partial charge in [0.25, 0.3) is 5.56 Å². The van der Waals surface area contributed by atoms with Gasteiger partial charge in [-0.3, -0.25) is 9.69 Å². The first-order valence-corrected chi connectivity index (χ1v) is 8.95. The molecule has 1 aliphatic heterocycles. The molecule has 5 nitrogen and oxygen atoms in total. The number of hydrogen-bond donors (Lipinski definition) is 2. The number of nitrogens with one attached hydrogen (secondary N) is 1. The van der Waals surface area contributed by atoms with Crippen LogP contribution in [0.25, 0.3) is 11.4 Å². The minimum atomic E-state index is -0.226. The topological polar surface area (TPSA) is 75.0 Å². The molecule has 0 amide bonds. The van der Waals surface area contributed by atoms with E-state index in [1.165, 1.54) is 6.07 Å². The van der Waals surface area contributed by atoms with Crippen molar-refractivity contribution < 1.29 is 4.39 Å². The first-order valence-electron chi connectivity index (χ1n) is 8.95. The Balaban J connectivity index is 1.58. The van der Waals surface area contributed by atoms with Crippen molar-refractivity contribution in [3.8, 4) is 11.4 Å². The number of hydrogen-bond acceptors (Lipinski definition) is 4. The minimum Gasteiger partial charge on any atom is -0.399 e. The molecule has 3 aromatic rings. The fourth-order valence-electron chi connectivity index (χ4n) is 3.47. The Morgan fingerprint density at radius 2 is 2.00 bits per heavy atom. The summed E-state index contributed by atoms with van der Waals surface area (Å²) >= 11 is 0. The lowest BCUT2D eigenvalue weighted by Crippen LogP contribution is -2.35. The number of nitrogens with two attached hydrogens (primary N) is 1. The van der Waals surface area contributed by atoms with Gasteiger partial charge in [0.2, 0.25) is 0 Å². The average Bonchev–Trinajstić information content (AvgIpc) is 2.65. The molecule has 4 rings (SSSR count). The molecule has 3 N–H and O–H groups in total. The third kappa shape index (κ3) is 3.61. The molecule has 1 aliphatic rings. The highest BCUT2D eigenvalue weighted by molar-refractivity contribution is 5.58. The molecule has 2 aromatic carbocycles. The van der Waals surface area contributed by atoms with Gasteiger partial charge in [-0.2, -0.15) is 0 Å². The Morgan fingerprint density at radius 3 is 2.74 bits per heavy atom. The number of H-pyrrole nitrogens is 1. The maximum absolute atomic E-state index is 13.3. The Kier molecular flexibility index (Phi) is 4.49. The summed E-state index contributed by atoms with van der Waals surface area (Å²) in [5, 5.41) is 0. The van der Waals surface area contributed by atoms with E-state index in [0.29, 0.717) is 36.6 Å². The third-order valence-corrected chi connectivity index (χ3v) is 5.03. The van der Waals surface area contributed by atoms with E-state index in [1.54, 1.807) is 18.2 Å². The fourth-order valence-corrected chi connectivity index (χ4v) is 3.47. The first kappa shape index (κ1) is 17.4. The molecule has 0 saturated heterocycles. The number of fused-ring (bicyclic) bond motifs is 1. The van der Waals surface area contributed by atoms with E-state index in [0.717, 1.165) is 28.9 Å². The van der Waals surface area contributed by atoms with Gasteiger partial charge in [0.15, 0.2) is 0 Å². The maximum atomic E-state index is 13.3. The predicted octanol–water partition coefficient (Wildman–Crippen LogP) is 3.02. The molecular formula is C21H21FN4O. The highest BCUT2D eigenvalue weighted by Crippen LogP contribution is 2.21. The number of aromatic nitrogens is 2. The van der Waals surface area contributed by atoms with E-state index < -0.39 is 0 Å². The summed E-state index contributed by atoms with van der Waals surface area (Å²) in [5.41, 5.74) is 10.7. The first-order chi connectivity index (χ1) is 13.0. The van der Waals surface area contributed by atoms with Crippen LogP contribution < -0.4 is 11.3 Å². The summed E-state index contributed by atoms with van der Waals surface area (Å²) in [7, 11) is 0. The van der Waals surface area contributed by atoms with Crippen LogP contribution in [0.1, 0.15) is 22.4 Å². The van der Waals surface area contributed by atoms with Crippen LogP contribution in [0.3, 0.4) is 0 Å². The van der Waals surface area contributed by atoms with Crippen LogP contribution in [-0.2, 0) is 19.5 Å². The molecule has 0 bridgehead atoms. The summed E-state index contributed by atoms with van der Waals surface area (Å²) in [5.74, 6) is 0.345. The van der Waals surface area contributed by atoms with Crippen LogP contribution in [0.15, 0.2) is 47.3 Å². The number of halogens is 1. The second-order valence-corrected chi connectivity index (χ2v) is 6.99. The number of nitrogens with zero attached hydrogens (tertiary/aromatic N) is 2. The molecule has 0 unspecified atom stereocenters. The van der Waals surface area contributed by atoms with Crippen molar-refractivity contribution in [2.45, 2.75) is 26.4 Å². The molecule has 2 heterocycles. The highest BCUT2D eigenvalue weighted by Gasteiger charge is 2.22. The van der Waals surface area contributed by atoms with Crippen molar-refractivity contribution in [3.63, 3.8) is 0 Å². The van der Waals surface area contributed by atoms with E-state index in [-0.39, 0.29) is 11.4 Å². The Morgan fingerprint density at radius 1 is 1.22 bits per heavy atom. The van der Waals surface area contributed by atoms with Crippen LogP contribution in [0.5, 0.6) is 0 Å². The van der Waals surface area contributed by atoms with Crippen LogP contribution in [0, 0.1) is 12.7 Å². The molecule has 0 aliphatic carbocycles. The molecule has 0 radical (unpaired) electrons. The lowest BCUT2D eigenvalue weighted by molar-refractivity contribution is 0.241. The molecule has 6 heteroatoms. The average molecular weight is 364 g/mol. The second kappa shape index (κ2) is 6.96. The number of rotatable bonds is 3. The van der Waals surface area contributed by atoms with Gasteiger partial charge in [-0.05, 0) is 54.4 Å². The van der Waals surface area contributed by atoms with Crippen LogP contribution in [0.4, 0.5) is 10.1 Å². The van der Waals surface area contributed by atoms with Crippen molar-refractivity contribution in [1.82, 2.24) is 14.9 Å². The third-order valence-electron chi connectivity index (χ3n) is 5.03. The zero-order valence-corrected chi connectivity index (χ0v) is 15.1. The molecule has 0 fully saturated rings. The largest absolute Gasteiger partial charge is 0.399 e. The summed E-state index contributed by atoms with van der Waals surface area (Å²) < 4.78 is 13.3. The molecule has 0 atom stereocenters. The van der Waals surface area contributed by atoms with Gasteiger partial charge in [0.05, 0.1) is 11.3 Å². The minimum absolute atomic E-state index is 0.104. The number of anilines is 1. The lowest BCUT2D eigenvalue weighted by Gasteiger charge is -2.28. The van der Waals surface area contributed by atoms with Crippen molar-refractivity contribution >= 4 is 5.69 Å². The zero-order chi connectivity index (χ0) is 19.0. The van der Waals surface area contributed by atoms with Gasteiger partial charge in [-0.25, -0.2) is 9.37 Å². The standard InChI is InChI=1S/C21H21FN4O/c1-13-10-16(22)5-2-15(13)11-26-9-8-19-18(12-26)21(27)25-20(24-19)14-3-6-17(23)7-4-14/h2-7,10H,8-9,11-12,23H2,1H3,(H,24,25,27). The van der Waals surface area contributed by atoms with E-state index in [2.05, 4.69) is 14.9 Å². The number of benzene rings is 2. The van der Waals surface area contributed by atoms with E-state index in [9.17, 15) is 9.18 Å². The second-order valence-electron chi connectivity index (χ2n) is 6.99. The zero-order valence-electron chi connectivity index (χ0n) is 15.1. The van der Waals surface area contributed by atoms with Crippen LogP contribution in [0.2, 0.25) is 0 Å². The summed E-state index contributed by atoms with van der Waals surface area (Å²) in [6, 6.07) is 12.1. The summed E-state index contributed by atoms with van der Waals surface area (Å²) in [6.07, 6.45) is 0.710. The van der Waals surface area contributed by atoms with Gasteiger partial charge >= 0.3 is 0 Å². The highest BCUT2D eigenvalue weighted by atomic mass is 19.1.